The number of fused-ring (bicyclic) bond motifs is 1. The standard InChI is InChI=1S/C11H16O/c1-7(2)9-5-8(3)11(4)10(6-9)12-11/h9-10H,1,3,5-6H2,2,4H3/t9-,10?,11-/m0/s1. The third-order valence-corrected chi connectivity index (χ3v) is 3.33. The fraction of sp³-hybridized carbons (Fsp3) is 0.636. The predicted molar refractivity (Wildman–Crippen MR) is 50.0 cm³/mol. The third-order valence-electron chi connectivity index (χ3n) is 3.33. The zero-order valence-electron chi connectivity index (χ0n) is 7.89. The minimum atomic E-state index is 0.0337. The van der Waals surface area contributed by atoms with E-state index in [4.69, 9.17) is 4.74 Å². The zero-order valence-corrected chi connectivity index (χ0v) is 7.89. The Morgan fingerprint density at radius 3 is 2.83 bits per heavy atom. The Labute approximate surface area is 74.1 Å². The van der Waals surface area contributed by atoms with Crippen LogP contribution in [-0.2, 0) is 4.74 Å². The molecule has 0 N–H and O–H groups in total. The molecule has 1 saturated carbocycles. The van der Waals surface area contributed by atoms with E-state index in [9.17, 15) is 0 Å². The monoisotopic (exact) mass is 164 g/mol. The Balaban J connectivity index is 2.12. The van der Waals surface area contributed by atoms with Crippen LogP contribution < -0.4 is 0 Å². The SMILES string of the molecule is C=C(C)[C@H]1CC(=C)[C@]2(C)OC2C1. The lowest BCUT2D eigenvalue weighted by molar-refractivity contribution is 0.337. The summed E-state index contributed by atoms with van der Waals surface area (Å²) in [5, 5.41) is 0. The molecule has 0 aromatic carbocycles. The quantitative estimate of drug-likeness (QED) is 0.429. The molecule has 12 heavy (non-hydrogen) atoms. The fourth-order valence-electron chi connectivity index (χ4n) is 2.06. The smallest absolute Gasteiger partial charge is 0.113 e. The van der Waals surface area contributed by atoms with Crippen LogP contribution in [0.1, 0.15) is 26.7 Å². The molecular weight excluding hydrogens is 148 g/mol. The Bertz CT molecular complexity index is 254. The number of allylic oxidation sites excluding steroid dienone is 1. The number of epoxide rings is 1. The first-order valence-electron chi connectivity index (χ1n) is 4.55. The lowest BCUT2D eigenvalue weighted by atomic mass is 9.77. The van der Waals surface area contributed by atoms with Gasteiger partial charge in [-0.1, -0.05) is 18.7 Å². The largest absolute Gasteiger partial charge is 0.362 e. The van der Waals surface area contributed by atoms with Crippen LogP contribution in [0.2, 0.25) is 0 Å². The van der Waals surface area contributed by atoms with Crippen LogP contribution in [0.5, 0.6) is 0 Å². The minimum Gasteiger partial charge on any atom is -0.362 e. The molecule has 0 amide bonds. The molecule has 2 rings (SSSR count). The maximum absolute atomic E-state index is 5.62. The van der Waals surface area contributed by atoms with E-state index in [-0.39, 0.29) is 5.60 Å². The fourth-order valence-corrected chi connectivity index (χ4v) is 2.06. The van der Waals surface area contributed by atoms with Crippen molar-refractivity contribution < 1.29 is 4.74 Å². The van der Waals surface area contributed by atoms with E-state index in [1.165, 1.54) is 11.1 Å². The van der Waals surface area contributed by atoms with E-state index < -0.39 is 0 Å². The Morgan fingerprint density at radius 1 is 1.67 bits per heavy atom. The summed E-state index contributed by atoms with van der Waals surface area (Å²) in [5.74, 6) is 0.609. The van der Waals surface area contributed by atoms with Crippen LogP contribution in [0.4, 0.5) is 0 Å². The average Bonchev–Trinajstić information content (AvgIpc) is 2.62. The molecule has 0 aromatic rings. The van der Waals surface area contributed by atoms with Crippen molar-refractivity contribution in [1.82, 2.24) is 0 Å². The van der Waals surface area contributed by atoms with Crippen LogP contribution >= 0.6 is 0 Å². The topological polar surface area (TPSA) is 12.5 Å². The number of hydrogen-bond acceptors (Lipinski definition) is 1. The molecule has 1 saturated heterocycles. The lowest BCUT2D eigenvalue weighted by Gasteiger charge is -2.24. The van der Waals surface area contributed by atoms with Gasteiger partial charge in [0.2, 0.25) is 0 Å². The van der Waals surface area contributed by atoms with E-state index in [1.807, 2.05) is 0 Å². The van der Waals surface area contributed by atoms with Crippen LogP contribution in [0, 0.1) is 5.92 Å². The van der Waals surface area contributed by atoms with Gasteiger partial charge in [0.05, 0.1) is 6.10 Å². The summed E-state index contributed by atoms with van der Waals surface area (Å²) in [6, 6.07) is 0. The predicted octanol–water partition coefficient (Wildman–Crippen LogP) is 2.69. The van der Waals surface area contributed by atoms with Gasteiger partial charge in [-0.2, -0.15) is 0 Å². The molecule has 66 valence electrons. The van der Waals surface area contributed by atoms with Crippen molar-refractivity contribution in [3.63, 3.8) is 0 Å². The van der Waals surface area contributed by atoms with Gasteiger partial charge < -0.3 is 4.74 Å². The second-order valence-electron chi connectivity index (χ2n) is 4.30. The molecule has 1 heterocycles. The average molecular weight is 164 g/mol. The highest BCUT2D eigenvalue weighted by Crippen LogP contribution is 2.52. The van der Waals surface area contributed by atoms with Gasteiger partial charge in [0.1, 0.15) is 5.60 Å². The van der Waals surface area contributed by atoms with Crippen LogP contribution in [0.15, 0.2) is 24.3 Å². The maximum Gasteiger partial charge on any atom is 0.113 e. The summed E-state index contributed by atoms with van der Waals surface area (Å²) >= 11 is 0. The number of hydrogen-bond donors (Lipinski definition) is 0. The van der Waals surface area contributed by atoms with Crippen LogP contribution in [0.3, 0.4) is 0 Å². The second-order valence-corrected chi connectivity index (χ2v) is 4.30. The van der Waals surface area contributed by atoms with E-state index in [0.29, 0.717) is 12.0 Å². The molecule has 2 fully saturated rings. The molecule has 3 atom stereocenters. The highest BCUT2D eigenvalue weighted by Gasteiger charge is 2.57. The van der Waals surface area contributed by atoms with E-state index >= 15 is 0 Å². The summed E-state index contributed by atoms with van der Waals surface area (Å²) in [6.45, 7) is 12.3. The van der Waals surface area contributed by atoms with Crippen molar-refractivity contribution in [3.8, 4) is 0 Å². The molecule has 1 heteroatoms. The molecule has 1 aliphatic heterocycles. The van der Waals surface area contributed by atoms with Crippen molar-refractivity contribution in [2.24, 2.45) is 5.92 Å². The van der Waals surface area contributed by atoms with Gasteiger partial charge in [0, 0.05) is 0 Å². The summed E-state index contributed by atoms with van der Waals surface area (Å²) < 4.78 is 5.62. The Morgan fingerprint density at radius 2 is 2.33 bits per heavy atom. The Kier molecular flexibility index (Phi) is 1.50. The first-order chi connectivity index (χ1) is 5.54. The van der Waals surface area contributed by atoms with E-state index in [2.05, 4.69) is 27.0 Å². The number of rotatable bonds is 1. The van der Waals surface area contributed by atoms with Gasteiger partial charge in [0.25, 0.3) is 0 Å². The molecule has 0 radical (unpaired) electrons. The van der Waals surface area contributed by atoms with Gasteiger partial charge in [0.15, 0.2) is 0 Å². The minimum absolute atomic E-state index is 0.0337. The van der Waals surface area contributed by atoms with Gasteiger partial charge in [-0.15, -0.1) is 0 Å². The van der Waals surface area contributed by atoms with Gasteiger partial charge in [-0.25, -0.2) is 0 Å². The van der Waals surface area contributed by atoms with Gasteiger partial charge in [-0.05, 0) is 38.2 Å². The molecule has 1 unspecified atom stereocenters. The third kappa shape index (κ3) is 0.962. The summed E-state index contributed by atoms with van der Waals surface area (Å²) in [6.07, 6.45) is 2.65. The molecule has 0 aromatic heterocycles. The van der Waals surface area contributed by atoms with E-state index in [0.717, 1.165) is 12.8 Å². The van der Waals surface area contributed by atoms with Crippen molar-refractivity contribution in [3.05, 3.63) is 24.3 Å². The molecule has 1 aliphatic carbocycles. The van der Waals surface area contributed by atoms with Gasteiger partial charge >= 0.3 is 0 Å². The summed E-state index contributed by atoms with van der Waals surface area (Å²) in [4.78, 5) is 0. The highest BCUT2D eigenvalue weighted by atomic mass is 16.6. The molecule has 0 bridgehead atoms. The highest BCUT2D eigenvalue weighted by molar-refractivity contribution is 5.29. The zero-order chi connectivity index (χ0) is 8.93. The summed E-state index contributed by atoms with van der Waals surface area (Å²) in [5.41, 5.74) is 2.56. The molecule has 1 nitrogen and oxygen atoms in total. The van der Waals surface area contributed by atoms with E-state index in [1.54, 1.807) is 0 Å². The molecule has 2 aliphatic rings. The first-order valence-corrected chi connectivity index (χ1v) is 4.55. The maximum atomic E-state index is 5.62. The van der Waals surface area contributed by atoms with Crippen LogP contribution in [0.25, 0.3) is 0 Å². The Hall–Kier alpha value is -0.560. The summed E-state index contributed by atoms with van der Waals surface area (Å²) in [7, 11) is 0. The number of ether oxygens (including phenoxy) is 1. The molecular formula is C11H16O. The normalized spacial score (nSPS) is 45.3. The lowest BCUT2D eigenvalue weighted by Crippen LogP contribution is -2.23. The first kappa shape index (κ1) is 8.06. The van der Waals surface area contributed by atoms with Crippen molar-refractivity contribution in [1.29, 1.82) is 0 Å². The van der Waals surface area contributed by atoms with Crippen molar-refractivity contribution in [2.45, 2.75) is 38.4 Å². The van der Waals surface area contributed by atoms with Crippen molar-refractivity contribution in [2.75, 3.05) is 0 Å². The second kappa shape index (κ2) is 2.23. The van der Waals surface area contributed by atoms with Gasteiger partial charge in [-0.3, -0.25) is 0 Å². The van der Waals surface area contributed by atoms with Crippen molar-refractivity contribution >= 4 is 0 Å². The van der Waals surface area contributed by atoms with Crippen LogP contribution in [-0.4, -0.2) is 11.7 Å². The molecule has 0 spiro atoms.